The number of halogens is 1. The van der Waals surface area contributed by atoms with Gasteiger partial charge in [0.15, 0.2) is 0 Å². The van der Waals surface area contributed by atoms with Crippen LogP contribution in [0.25, 0.3) is 10.8 Å². The molecule has 24 heavy (non-hydrogen) atoms. The molecule has 0 aliphatic rings. The Kier molecular flexibility index (Phi) is 4.37. The lowest BCUT2D eigenvalue weighted by Crippen LogP contribution is -2.16. The van der Waals surface area contributed by atoms with Gasteiger partial charge in [0.1, 0.15) is 11.9 Å². The minimum atomic E-state index is -0.507. The van der Waals surface area contributed by atoms with Crippen LogP contribution in [-0.4, -0.2) is 16.2 Å². The molecule has 1 heterocycles. The number of carbonyl (C=O) groups excluding carboxylic acids is 1. The van der Waals surface area contributed by atoms with Crippen molar-refractivity contribution in [2.45, 2.75) is 19.4 Å². The van der Waals surface area contributed by atoms with Gasteiger partial charge < -0.3 is 4.74 Å². The molecule has 122 valence electrons. The molecule has 1 aromatic heterocycles. The fourth-order valence-electron chi connectivity index (χ4n) is 2.48. The van der Waals surface area contributed by atoms with Crippen molar-refractivity contribution >= 4 is 16.7 Å². The average Bonchev–Trinajstić information content (AvgIpc) is 2.58. The molecule has 1 atom stereocenters. The normalized spacial score (nSPS) is 12.1. The summed E-state index contributed by atoms with van der Waals surface area (Å²) in [5, 5.41) is 7.43. The lowest BCUT2D eigenvalue weighted by Gasteiger charge is -2.13. The number of ether oxygens (including phenoxy) is 1. The van der Waals surface area contributed by atoms with Crippen molar-refractivity contribution in [1.82, 2.24) is 10.2 Å². The Morgan fingerprint density at radius 1 is 1.17 bits per heavy atom. The number of aromatic amines is 1. The lowest BCUT2D eigenvalue weighted by molar-refractivity contribution is -0.147. The predicted molar refractivity (Wildman–Crippen MR) is 87.0 cm³/mol. The number of H-pyrrole nitrogens is 1. The highest BCUT2D eigenvalue weighted by atomic mass is 19.1. The van der Waals surface area contributed by atoms with Crippen LogP contribution >= 0.6 is 0 Å². The molecule has 5 nitrogen and oxygen atoms in total. The molecule has 1 N–H and O–H groups in total. The Labute approximate surface area is 137 Å². The van der Waals surface area contributed by atoms with Crippen LogP contribution in [0.2, 0.25) is 0 Å². The molecule has 0 saturated heterocycles. The van der Waals surface area contributed by atoms with Gasteiger partial charge in [-0.15, -0.1) is 0 Å². The van der Waals surface area contributed by atoms with Gasteiger partial charge in [0, 0.05) is 5.39 Å². The second-order valence-electron chi connectivity index (χ2n) is 5.41. The highest BCUT2D eigenvalue weighted by Crippen LogP contribution is 2.19. The van der Waals surface area contributed by atoms with Crippen LogP contribution < -0.4 is 5.56 Å². The standard InChI is InChI=1S/C18H15FN2O3/c1-11(12-6-8-13(19)9-7-12)24-17(22)10-16-14-4-2-3-5-15(14)18(23)21-20-16/h2-9,11H,10H2,1H3,(H,21,23)/t11-/m1/s1. The van der Waals surface area contributed by atoms with E-state index in [1.807, 2.05) is 0 Å². The van der Waals surface area contributed by atoms with Crippen LogP contribution in [0, 0.1) is 5.82 Å². The first kappa shape index (κ1) is 15.9. The summed E-state index contributed by atoms with van der Waals surface area (Å²) < 4.78 is 18.3. The van der Waals surface area contributed by atoms with E-state index in [1.54, 1.807) is 43.3 Å². The van der Waals surface area contributed by atoms with E-state index in [2.05, 4.69) is 10.2 Å². The van der Waals surface area contributed by atoms with E-state index in [0.29, 0.717) is 22.0 Å². The van der Waals surface area contributed by atoms with Crippen LogP contribution in [-0.2, 0) is 16.0 Å². The van der Waals surface area contributed by atoms with Crippen molar-refractivity contribution in [3.8, 4) is 0 Å². The second kappa shape index (κ2) is 6.62. The van der Waals surface area contributed by atoms with Crippen molar-refractivity contribution in [1.29, 1.82) is 0 Å². The summed E-state index contributed by atoms with van der Waals surface area (Å²) in [5.41, 5.74) is 0.841. The van der Waals surface area contributed by atoms with Gasteiger partial charge in [-0.25, -0.2) is 9.49 Å². The van der Waals surface area contributed by atoms with Crippen molar-refractivity contribution < 1.29 is 13.9 Å². The molecule has 0 aliphatic heterocycles. The first-order valence-corrected chi connectivity index (χ1v) is 7.46. The molecular formula is C18H15FN2O3. The number of nitrogens with one attached hydrogen (secondary N) is 1. The van der Waals surface area contributed by atoms with Gasteiger partial charge in [-0.1, -0.05) is 30.3 Å². The molecule has 0 radical (unpaired) electrons. The van der Waals surface area contributed by atoms with Gasteiger partial charge in [0.2, 0.25) is 0 Å². The summed E-state index contributed by atoms with van der Waals surface area (Å²) in [5.74, 6) is -0.822. The topological polar surface area (TPSA) is 72.0 Å². The van der Waals surface area contributed by atoms with Crippen LogP contribution in [0.15, 0.2) is 53.3 Å². The SMILES string of the molecule is C[C@@H](OC(=O)Cc1n[nH]c(=O)c2ccccc12)c1ccc(F)cc1. The Hall–Kier alpha value is -3.02. The predicted octanol–water partition coefficient (Wildman–Crippen LogP) is 2.91. The molecule has 0 saturated carbocycles. The molecule has 0 unspecified atom stereocenters. The number of benzene rings is 2. The third-order valence-electron chi connectivity index (χ3n) is 3.73. The number of fused-ring (bicyclic) bond motifs is 1. The molecule has 2 aromatic carbocycles. The van der Waals surface area contributed by atoms with Gasteiger partial charge in [-0.3, -0.25) is 9.59 Å². The average molecular weight is 326 g/mol. The molecule has 0 fully saturated rings. The quantitative estimate of drug-likeness (QED) is 0.748. The van der Waals surface area contributed by atoms with E-state index < -0.39 is 12.1 Å². The summed E-state index contributed by atoms with van der Waals surface area (Å²) in [6.45, 7) is 1.71. The minimum absolute atomic E-state index is 0.0666. The van der Waals surface area contributed by atoms with E-state index in [4.69, 9.17) is 4.74 Å². The number of esters is 1. The zero-order chi connectivity index (χ0) is 17.1. The highest BCUT2D eigenvalue weighted by Gasteiger charge is 2.15. The molecule has 0 amide bonds. The Balaban J connectivity index is 1.77. The van der Waals surface area contributed by atoms with E-state index in [9.17, 15) is 14.0 Å². The van der Waals surface area contributed by atoms with E-state index in [0.717, 1.165) is 0 Å². The Morgan fingerprint density at radius 2 is 1.83 bits per heavy atom. The first-order valence-electron chi connectivity index (χ1n) is 7.46. The van der Waals surface area contributed by atoms with Crippen LogP contribution in [0.3, 0.4) is 0 Å². The maximum Gasteiger partial charge on any atom is 0.312 e. The van der Waals surface area contributed by atoms with Gasteiger partial charge in [-0.05, 0) is 30.7 Å². The van der Waals surface area contributed by atoms with Crippen LogP contribution in [0.4, 0.5) is 4.39 Å². The first-order chi connectivity index (χ1) is 11.5. The van der Waals surface area contributed by atoms with Gasteiger partial charge in [0.25, 0.3) is 5.56 Å². The molecule has 0 bridgehead atoms. The van der Waals surface area contributed by atoms with Gasteiger partial charge in [0.05, 0.1) is 17.5 Å². The van der Waals surface area contributed by atoms with Crippen molar-refractivity contribution in [2.75, 3.05) is 0 Å². The Bertz CT molecular complexity index is 935. The Morgan fingerprint density at radius 3 is 2.54 bits per heavy atom. The minimum Gasteiger partial charge on any atom is -0.457 e. The van der Waals surface area contributed by atoms with Crippen molar-refractivity contribution in [3.05, 3.63) is 76.0 Å². The number of hydrogen-bond donors (Lipinski definition) is 1. The number of aromatic nitrogens is 2. The van der Waals surface area contributed by atoms with E-state index in [-0.39, 0.29) is 17.8 Å². The number of nitrogens with zero attached hydrogens (tertiary/aromatic N) is 1. The largest absolute Gasteiger partial charge is 0.457 e. The maximum absolute atomic E-state index is 12.9. The van der Waals surface area contributed by atoms with Crippen molar-refractivity contribution in [3.63, 3.8) is 0 Å². The zero-order valence-corrected chi connectivity index (χ0v) is 13.0. The zero-order valence-electron chi connectivity index (χ0n) is 13.0. The van der Waals surface area contributed by atoms with E-state index in [1.165, 1.54) is 12.1 Å². The van der Waals surface area contributed by atoms with Gasteiger partial charge in [-0.2, -0.15) is 5.10 Å². The summed E-state index contributed by atoms with van der Waals surface area (Å²) in [7, 11) is 0. The molecular weight excluding hydrogens is 311 g/mol. The van der Waals surface area contributed by atoms with Crippen LogP contribution in [0.1, 0.15) is 24.3 Å². The summed E-state index contributed by atoms with van der Waals surface area (Å²) in [6, 6.07) is 12.7. The maximum atomic E-state index is 12.9. The van der Waals surface area contributed by atoms with Crippen molar-refractivity contribution in [2.24, 2.45) is 0 Å². The molecule has 3 aromatic rings. The molecule has 6 heteroatoms. The molecule has 0 spiro atoms. The molecule has 3 rings (SSSR count). The van der Waals surface area contributed by atoms with E-state index >= 15 is 0 Å². The molecule has 0 aliphatic carbocycles. The summed E-state index contributed by atoms with van der Waals surface area (Å²) >= 11 is 0. The number of rotatable bonds is 4. The fraction of sp³-hybridized carbons (Fsp3) is 0.167. The van der Waals surface area contributed by atoms with Gasteiger partial charge >= 0.3 is 5.97 Å². The summed E-state index contributed by atoms with van der Waals surface area (Å²) in [4.78, 5) is 23.9. The lowest BCUT2D eigenvalue weighted by atomic mass is 10.1. The summed E-state index contributed by atoms with van der Waals surface area (Å²) in [6.07, 6.45) is -0.574. The number of hydrogen-bond acceptors (Lipinski definition) is 4. The van der Waals surface area contributed by atoms with Crippen LogP contribution in [0.5, 0.6) is 0 Å². The third kappa shape index (κ3) is 3.32. The smallest absolute Gasteiger partial charge is 0.312 e. The number of carbonyl (C=O) groups is 1. The monoisotopic (exact) mass is 326 g/mol. The highest BCUT2D eigenvalue weighted by molar-refractivity contribution is 5.86. The fourth-order valence-corrected chi connectivity index (χ4v) is 2.48. The second-order valence-corrected chi connectivity index (χ2v) is 5.41. The third-order valence-corrected chi connectivity index (χ3v) is 3.73.